The zero-order valence-electron chi connectivity index (χ0n) is 14.7. The molecule has 0 aliphatic heterocycles. The highest BCUT2D eigenvalue weighted by molar-refractivity contribution is 7.09. The lowest BCUT2D eigenvalue weighted by atomic mass is 10.1. The van der Waals surface area contributed by atoms with E-state index in [9.17, 15) is 9.59 Å². The number of aromatic amines is 1. The summed E-state index contributed by atoms with van der Waals surface area (Å²) < 4.78 is 0. The van der Waals surface area contributed by atoms with Gasteiger partial charge in [0.2, 0.25) is 5.91 Å². The van der Waals surface area contributed by atoms with E-state index in [1.807, 2.05) is 35.7 Å². The van der Waals surface area contributed by atoms with Gasteiger partial charge in [-0.25, -0.2) is 9.97 Å². The molecule has 0 aliphatic rings. The van der Waals surface area contributed by atoms with E-state index in [2.05, 4.69) is 15.0 Å². The quantitative estimate of drug-likeness (QED) is 0.725. The number of thiazole rings is 1. The molecule has 0 unspecified atom stereocenters. The van der Waals surface area contributed by atoms with Crippen LogP contribution in [0.3, 0.4) is 0 Å². The molecule has 1 aromatic carbocycles. The maximum atomic E-state index is 13.0. The number of carbonyl (C=O) groups is 1. The molecule has 0 atom stereocenters. The van der Waals surface area contributed by atoms with Crippen molar-refractivity contribution in [3.05, 3.63) is 79.9 Å². The highest BCUT2D eigenvalue weighted by Gasteiger charge is 2.19. The maximum Gasteiger partial charge on any atom is 0.254 e. The van der Waals surface area contributed by atoms with Gasteiger partial charge in [0.25, 0.3) is 5.56 Å². The van der Waals surface area contributed by atoms with Crippen molar-refractivity contribution in [2.75, 3.05) is 0 Å². The van der Waals surface area contributed by atoms with Crippen LogP contribution in [0.2, 0.25) is 0 Å². The molecule has 0 fully saturated rings. The molecule has 0 spiro atoms. The molecule has 0 saturated heterocycles. The average molecular weight is 368 g/mol. The van der Waals surface area contributed by atoms with E-state index < -0.39 is 0 Å². The van der Waals surface area contributed by atoms with Crippen LogP contribution in [0.15, 0.2) is 46.7 Å². The molecule has 26 heavy (non-hydrogen) atoms. The van der Waals surface area contributed by atoms with Gasteiger partial charge in [0, 0.05) is 29.4 Å². The van der Waals surface area contributed by atoms with Crippen molar-refractivity contribution < 1.29 is 4.79 Å². The maximum absolute atomic E-state index is 13.0. The Bertz CT molecular complexity index is 936. The van der Waals surface area contributed by atoms with E-state index in [0.29, 0.717) is 30.2 Å². The number of rotatable bonds is 6. The molecular formula is C19H20N4O2S. The number of nitrogens with zero attached hydrogens (tertiary/aromatic N) is 3. The molecule has 2 heterocycles. The minimum absolute atomic E-state index is 0.0205. The van der Waals surface area contributed by atoms with Crippen molar-refractivity contribution in [3.63, 3.8) is 0 Å². The Kier molecular flexibility index (Phi) is 5.58. The fraction of sp³-hybridized carbons (Fsp3) is 0.263. The number of hydrogen-bond donors (Lipinski definition) is 1. The van der Waals surface area contributed by atoms with Crippen LogP contribution >= 0.6 is 11.3 Å². The van der Waals surface area contributed by atoms with Crippen LogP contribution in [0, 0.1) is 13.8 Å². The number of hydrogen-bond acceptors (Lipinski definition) is 5. The first-order valence-corrected chi connectivity index (χ1v) is 9.17. The molecule has 1 amide bonds. The first-order chi connectivity index (χ1) is 12.5. The molecule has 3 aromatic rings. The van der Waals surface area contributed by atoms with Crippen LogP contribution < -0.4 is 5.56 Å². The fourth-order valence-corrected chi connectivity index (χ4v) is 3.38. The molecule has 134 valence electrons. The van der Waals surface area contributed by atoms with Crippen LogP contribution in [-0.4, -0.2) is 25.8 Å². The Morgan fingerprint density at radius 3 is 2.62 bits per heavy atom. The highest BCUT2D eigenvalue weighted by Crippen LogP contribution is 2.14. The third kappa shape index (κ3) is 4.43. The standard InChI is InChI=1S/C19H20N4O2S/c1-13-16(19(25)22-14(2)21-13)10-18(24)23(12-17-20-8-9-26-17)11-15-6-4-3-5-7-15/h3-9H,10-12H2,1-2H3,(H,21,22,25). The summed E-state index contributed by atoms with van der Waals surface area (Å²) in [6.07, 6.45) is 1.75. The molecule has 3 rings (SSSR count). The van der Waals surface area contributed by atoms with Crippen molar-refractivity contribution in [1.82, 2.24) is 19.9 Å². The van der Waals surface area contributed by atoms with Crippen LogP contribution in [0.1, 0.15) is 27.7 Å². The summed E-state index contributed by atoms with van der Waals surface area (Å²) in [6, 6.07) is 9.79. The van der Waals surface area contributed by atoms with Gasteiger partial charge in [-0.15, -0.1) is 11.3 Å². The summed E-state index contributed by atoms with van der Waals surface area (Å²) in [6.45, 7) is 4.37. The monoisotopic (exact) mass is 368 g/mol. The lowest BCUT2D eigenvalue weighted by molar-refractivity contribution is -0.131. The number of H-pyrrole nitrogens is 1. The zero-order chi connectivity index (χ0) is 18.5. The summed E-state index contributed by atoms with van der Waals surface area (Å²) in [5.41, 5.74) is 1.79. The Morgan fingerprint density at radius 1 is 1.19 bits per heavy atom. The number of benzene rings is 1. The van der Waals surface area contributed by atoms with E-state index in [1.165, 1.54) is 11.3 Å². The second-order valence-corrected chi connectivity index (χ2v) is 7.03. The number of carbonyl (C=O) groups excluding carboxylic acids is 1. The Morgan fingerprint density at radius 2 is 1.96 bits per heavy atom. The van der Waals surface area contributed by atoms with Gasteiger partial charge in [0.1, 0.15) is 10.8 Å². The molecule has 1 N–H and O–H groups in total. The molecule has 7 heteroatoms. The first kappa shape index (κ1) is 18.0. The largest absolute Gasteiger partial charge is 0.331 e. The Balaban J connectivity index is 1.83. The van der Waals surface area contributed by atoms with Crippen molar-refractivity contribution in [2.24, 2.45) is 0 Å². The number of aryl methyl sites for hydroxylation is 2. The summed E-state index contributed by atoms with van der Waals surface area (Å²) in [5, 5.41) is 2.75. The van der Waals surface area contributed by atoms with E-state index in [-0.39, 0.29) is 17.9 Å². The van der Waals surface area contributed by atoms with Gasteiger partial charge in [-0.2, -0.15) is 0 Å². The molecule has 6 nitrogen and oxygen atoms in total. The van der Waals surface area contributed by atoms with Crippen LogP contribution in [0.4, 0.5) is 0 Å². The minimum atomic E-state index is -0.253. The highest BCUT2D eigenvalue weighted by atomic mass is 32.1. The van der Waals surface area contributed by atoms with Crippen LogP contribution in [-0.2, 0) is 24.3 Å². The molecule has 0 aliphatic carbocycles. The minimum Gasteiger partial charge on any atom is -0.331 e. The van der Waals surface area contributed by atoms with Crippen molar-refractivity contribution in [2.45, 2.75) is 33.4 Å². The molecule has 0 saturated carbocycles. The topological polar surface area (TPSA) is 79.0 Å². The lowest BCUT2D eigenvalue weighted by Crippen LogP contribution is -2.33. The SMILES string of the molecule is Cc1nc(C)c(CC(=O)N(Cc2ccccc2)Cc2nccs2)c(=O)[nH]1. The second-order valence-electron chi connectivity index (χ2n) is 6.05. The summed E-state index contributed by atoms with van der Waals surface area (Å²) in [7, 11) is 0. The van der Waals surface area contributed by atoms with Gasteiger partial charge in [-0.1, -0.05) is 30.3 Å². The molecule has 0 radical (unpaired) electrons. The zero-order valence-corrected chi connectivity index (χ0v) is 15.5. The second kappa shape index (κ2) is 8.05. The Labute approximate surface area is 155 Å². The van der Waals surface area contributed by atoms with E-state index in [0.717, 1.165) is 10.6 Å². The molecule has 2 aromatic heterocycles. The van der Waals surface area contributed by atoms with Gasteiger partial charge in [-0.3, -0.25) is 9.59 Å². The number of aromatic nitrogens is 3. The number of amides is 1. The van der Waals surface area contributed by atoms with Crippen molar-refractivity contribution in [1.29, 1.82) is 0 Å². The Hall–Kier alpha value is -2.80. The normalized spacial score (nSPS) is 10.7. The third-order valence-corrected chi connectivity index (χ3v) is 4.81. The summed E-state index contributed by atoms with van der Waals surface area (Å²) in [5.74, 6) is 0.427. The molecule has 0 bridgehead atoms. The summed E-state index contributed by atoms with van der Waals surface area (Å²) >= 11 is 1.51. The third-order valence-electron chi connectivity index (χ3n) is 4.05. The van der Waals surface area contributed by atoms with E-state index >= 15 is 0 Å². The lowest BCUT2D eigenvalue weighted by Gasteiger charge is -2.22. The summed E-state index contributed by atoms with van der Waals surface area (Å²) in [4.78, 5) is 38.1. The smallest absolute Gasteiger partial charge is 0.254 e. The van der Waals surface area contributed by atoms with Gasteiger partial charge in [0.15, 0.2) is 0 Å². The predicted octanol–water partition coefficient (Wildman–Crippen LogP) is 2.61. The van der Waals surface area contributed by atoms with Gasteiger partial charge in [-0.05, 0) is 19.4 Å². The van der Waals surface area contributed by atoms with Gasteiger partial charge in [0.05, 0.1) is 13.0 Å². The van der Waals surface area contributed by atoms with Crippen LogP contribution in [0.5, 0.6) is 0 Å². The fourth-order valence-electron chi connectivity index (χ4n) is 2.75. The molecular weight excluding hydrogens is 348 g/mol. The van der Waals surface area contributed by atoms with E-state index in [4.69, 9.17) is 0 Å². The van der Waals surface area contributed by atoms with Gasteiger partial charge >= 0.3 is 0 Å². The van der Waals surface area contributed by atoms with Crippen LogP contribution in [0.25, 0.3) is 0 Å². The van der Waals surface area contributed by atoms with Crippen molar-refractivity contribution in [3.8, 4) is 0 Å². The van der Waals surface area contributed by atoms with E-state index in [1.54, 1.807) is 24.9 Å². The van der Waals surface area contributed by atoms with Crippen molar-refractivity contribution >= 4 is 17.2 Å². The first-order valence-electron chi connectivity index (χ1n) is 8.29. The van der Waals surface area contributed by atoms with Gasteiger partial charge < -0.3 is 9.88 Å². The predicted molar refractivity (Wildman–Crippen MR) is 101 cm³/mol. The number of nitrogens with one attached hydrogen (secondary N) is 1. The average Bonchev–Trinajstić information content (AvgIpc) is 3.11.